The summed E-state index contributed by atoms with van der Waals surface area (Å²) in [6.45, 7) is 6.75. The lowest BCUT2D eigenvalue weighted by atomic mass is 9.52. The minimum atomic E-state index is -0.522. The molecule has 0 radical (unpaired) electrons. The van der Waals surface area contributed by atoms with Gasteiger partial charge in [0.05, 0.1) is 5.60 Å². The number of hydrogen-bond donors (Lipinski definition) is 1. The summed E-state index contributed by atoms with van der Waals surface area (Å²) in [6.07, 6.45) is 11.5. The molecule has 1 heterocycles. The summed E-state index contributed by atoms with van der Waals surface area (Å²) in [5.41, 5.74) is 0.378. The zero-order valence-corrected chi connectivity index (χ0v) is 20.1. The molecule has 0 aromatic heterocycles. The first-order valence-electron chi connectivity index (χ1n) is 13.0. The number of benzene rings is 1. The van der Waals surface area contributed by atoms with E-state index >= 15 is 0 Å². The van der Waals surface area contributed by atoms with E-state index in [2.05, 4.69) is 13.8 Å². The van der Waals surface area contributed by atoms with E-state index in [1.165, 1.54) is 38.5 Å². The van der Waals surface area contributed by atoms with Gasteiger partial charge in [0, 0.05) is 11.5 Å². The first-order valence-corrected chi connectivity index (χ1v) is 13.0. The third kappa shape index (κ3) is 3.77. The predicted octanol–water partition coefficient (Wildman–Crippen LogP) is 6.40. The SMILES string of the molecule is CC[C@](C)(O)CC[C@H]1CCC[C@@H]2[C@@H]1CC[C@]1(C)[C@@H](C(=O)c3ccc4c(c3)OCO4)CC[C@@H]21. The molecule has 3 aliphatic carbocycles. The minimum absolute atomic E-state index is 0.116. The maximum absolute atomic E-state index is 13.7. The van der Waals surface area contributed by atoms with Crippen molar-refractivity contribution in [3.8, 4) is 11.5 Å². The van der Waals surface area contributed by atoms with Crippen LogP contribution >= 0.6 is 0 Å². The zero-order valence-electron chi connectivity index (χ0n) is 20.1. The van der Waals surface area contributed by atoms with Crippen LogP contribution in [0.1, 0.15) is 95.3 Å². The highest BCUT2D eigenvalue weighted by Crippen LogP contribution is 2.63. The largest absolute Gasteiger partial charge is 0.454 e. The smallest absolute Gasteiger partial charge is 0.231 e. The van der Waals surface area contributed by atoms with Gasteiger partial charge >= 0.3 is 0 Å². The topological polar surface area (TPSA) is 55.8 Å². The molecule has 1 aromatic carbocycles. The number of aliphatic hydroxyl groups is 1. The summed E-state index contributed by atoms with van der Waals surface area (Å²) < 4.78 is 11.0. The Kier molecular flexibility index (Phi) is 5.80. The van der Waals surface area contributed by atoms with Crippen LogP contribution in [0.15, 0.2) is 18.2 Å². The number of hydrogen-bond acceptors (Lipinski definition) is 4. The Morgan fingerprint density at radius 2 is 1.94 bits per heavy atom. The number of fused-ring (bicyclic) bond motifs is 4. The van der Waals surface area contributed by atoms with Crippen LogP contribution in [0.3, 0.4) is 0 Å². The number of carbonyl (C=O) groups excluding carboxylic acids is 1. The maximum Gasteiger partial charge on any atom is 0.231 e. The Morgan fingerprint density at radius 3 is 2.75 bits per heavy atom. The highest BCUT2D eigenvalue weighted by Gasteiger charge is 2.57. The van der Waals surface area contributed by atoms with Crippen LogP contribution in [0.25, 0.3) is 0 Å². The molecule has 4 aliphatic rings. The van der Waals surface area contributed by atoms with E-state index in [-0.39, 0.29) is 18.1 Å². The summed E-state index contributed by atoms with van der Waals surface area (Å²) in [4.78, 5) is 13.7. The lowest BCUT2D eigenvalue weighted by Gasteiger charge is -2.53. The molecule has 7 atom stereocenters. The van der Waals surface area contributed by atoms with Crippen LogP contribution in [0.5, 0.6) is 11.5 Å². The molecule has 0 unspecified atom stereocenters. The molecule has 1 aromatic rings. The molecule has 5 rings (SSSR count). The van der Waals surface area contributed by atoms with Crippen molar-refractivity contribution in [3.05, 3.63) is 23.8 Å². The van der Waals surface area contributed by atoms with E-state index in [0.717, 1.165) is 54.7 Å². The Morgan fingerprint density at radius 1 is 1.12 bits per heavy atom. The average molecular weight is 441 g/mol. The third-order valence-electron chi connectivity index (χ3n) is 10.00. The van der Waals surface area contributed by atoms with Gasteiger partial charge in [-0.2, -0.15) is 0 Å². The van der Waals surface area contributed by atoms with Gasteiger partial charge < -0.3 is 14.6 Å². The number of ether oxygens (including phenoxy) is 2. The van der Waals surface area contributed by atoms with E-state index in [9.17, 15) is 9.90 Å². The molecule has 1 N–H and O–H groups in total. The molecule has 0 amide bonds. The van der Waals surface area contributed by atoms with Crippen molar-refractivity contribution >= 4 is 5.78 Å². The van der Waals surface area contributed by atoms with E-state index in [1.807, 2.05) is 25.1 Å². The second kappa shape index (κ2) is 8.34. The van der Waals surface area contributed by atoms with Gasteiger partial charge in [0.25, 0.3) is 0 Å². The van der Waals surface area contributed by atoms with Crippen molar-refractivity contribution in [2.45, 2.75) is 90.6 Å². The van der Waals surface area contributed by atoms with E-state index in [1.54, 1.807) is 0 Å². The first-order chi connectivity index (χ1) is 15.3. The first kappa shape index (κ1) is 22.3. The maximum atomic E-state index is 13.7. The second-order valence-corrected chi connectivity index (χ2v) is 11.6. The highest BCUT2D eigenvalue weighted by molar-refractivity contribution is 5.99. The molecular weight excluding hydrogens is 400 g/mol. The molecule has 3 saturated carbocycles. The minimum Gasteiger partial charge on any atom is -0.454 e. The lowest BCUT2D eigenvalue weighted by molar-refractivity contribution is -0.0378. The van der Waals surface area contributed by atoms with Crippen LogP contribution in [0.2, 0.25) is 0 Å². The van der Waals surface area contributed by atoms with Gasteiger partial charge in [0.15, 0.2) is 17.3 Å². The summed E-state index contributed by atoms with van der Waals surface area (Å²) in [6, 6.07) is 5.70. The van der Waals surface area contributed by atoms with Gasteiger partial charge in [0.2, 0.25) is 6.79 Å². The summed E-state index contributed by atoms with van der Waals surface area (Å²) >= 11 is 0. The molecule has 0 bridgehead atoms. The van der Waals surface area contributed by atoms with Crippen molar-refractivity contribution in [3.63, 3.8) is 0 Å². The molecule has 1 aliphatic heterocycles. The zero-order chi connectivity index (χ0) is 22.5. The van der Waals surface area contributed by atoms with Crippen molar-refractivity contribution in [1.29, 1.82) is 0 Å². The van der Waals surface area contributed by atoms with Crippen LogP contribution in [-0.2, 0) is 0 Å². The molecular formula is C28H40O4. The summed E-state index contributed by atoms with van der Waals surface area (Å²) in [5.74, 6) is 4.83. The Labute approximate surface area is 193 Å². The average Bonchev–Trinajstić information content (AvgIpc) is 3.40. The molecule has 0 spiro atoms. The number of carbonyl (C=O) groups is 1. The molecule has 3 fully saturated rings. The van der Waals surface area contributed by atoms with E-state index in [0.29, 0.717) is 17.5 Å². The van der Waals surface area contributed by atoms with Crippen molar-refractivity contribution < 1.29 is 19.4 Å². The number of rotatable bonds is 6. The van der Waals surface area contributed by atoms with Crippen molar-refractivity contribution in [2.75, 3.05) is 6.79 Å². The van der Waals surface area contributed by atoms with Gasteiger partial charge in [-0.15, -0.1) is 0 Å². The summed E-state index contributed by atoms with van der Waals surface area (Å²) in [5, 5.41) is 10.5. The number of ketones is 1. The Hall–Kier alpha value is -1.55. The normalized spacial score (nSPS) is 37.4. The fraction of sp³-hybridized carbons (Fsp3) is 0.750. The molecule has 0 saturated heterocycles. The van der Waals surface area contributed by atoms with Gasteiger partial charge in [-0.05, 0) is 106 Å². The van der Waals surface area contributed by atoms with Crippen LogP contribution in [0, 0.1) is 35.0 Å². The number of Topliss-reactive ketones (excluding diaryl/α,β-unsaturated/α-hetero) is 1. The predicted molar refractivity (Wildman–Crippen MR) is 125 cm³/mol. The van der Waals surface area contributed by atoms with Gasteiger partial charge in [-0.25, -0.2) is 0 Å². The van der Waals surface area contributed by atoms with E-state index in [4.69, 9.17) is 9.47 Å². The van der Waals surface area contributed by atoms with Gasteiger partial charge in [0.1, 0.15) is 0 Å². The Bertz CT molecular complexity index is 861. The fourth-order valence-corrected chi connectivity index (χ4v) is 7.86. The Balaban J connectivity index is 1.31. The summed E-state index contributed by atoms with van der Waals surface area (Å²) in [7, 11) is 0. The van der Waals surface area contributed by atoms with Crippen LogP contribution in [0.4, 0.5) is 0 Å². The second-order valence-electron chi connectivity index (χ2n) is 11.6. The lowest BCUT2D eigenvalue weighted by Crippen LogP contribution is -2.46. The van der Waals surface area contributed by atoms with Crippen molar-refractivity contribution in [2.24, 2.45) is 35.0 Å². The quantitative estimate of drug-likeness (QED) is 0.520. The molecule has 4 heteroatoms. The van der Waals surface area contributed by atoms with Crippen molar-refractivity contribution in [1.82, 2.24) is 0 Å². The molecule has 4 nitrogen and oxygen atoms in total. The standard InChI is InChI=1S/C28H40O4/c1-4-27(2,30)14-12-18-6-5-7-21-20(18)13-15-28(3)22(21)9-10-23(28)26(29)19-8-11-24-25(16-19)32-17-31-24/h8,11,16,18,20-23,30H,4-7,9-10,12-15,17H2,1-3H3/t18-,20-,21-,22+,23-,27+,28+/m1/s1. The van der Waals surface area contributed by atoms with Gasteiger partial charge in [-0.3, -0.25) is 4.79 Å². The highest BCUT2D eigenvalue weighted by atomic mass is 16.7. The molecule has 176 valence electrons. The van der Waals surface area contributed by atoms with Crippen LogP contribution < -0.4 is 9.47 Å². The molecule has 32 heavy (non-hydrogen) atoms. The fourth-order valence-electron chi connectivity index (χ4n) is 7.86. The van der Waals surface area contributed by atoms with E-state index < -0.39 is 5.60 Å². The monoisotopic (exact) mass is 440 g/mol. The van der Waals surface area contributed by atoms with Gasteiger partial charge in [-0.1, -0.05) is 26.7 Å². The van der Waals surface area contributed by atoms with Crippen LogP contribution in [-0.4, -0.2) is 23.3 Å². The third-order valence-corrected chi connectivity index (χ3v) is 10.00.